The molecule has 0 aliphatic rings. The van der Waals surface area contributed by atoms with E-state index in [9.17, 15) is 10.1 Å². The van der Waals surface area contributed by atoms with Gasteiger partial charge in [-0.3, -0.25) is 10.1 Å². The summed E-state index contributed by atoms with van der Waals surface area (Å²) >= 11 is 3.51. The fraction of sp³-hybridized carbons (Fsp3) is 0. The number of hydrogen-bond donors (Lipinski definition) is 1. The van der Waals surface area contributed by atoms with Crippen molar-refractivity contribution in [2.75, 3.05) is 0 Å². The van der Waals surface area contributed by atoms with E-state index in [1.807, 2.05) is 18.2 Å². The summed E-state index contributed by atoms with van der Waals surface area (Å²) in [6, 6.07) is 11.0. The minimum atomic E-state index is -0.348. The smallest absolute Gasteiger partial charge is 0.277 e. The molecule has 3 aromatic carbocycles. The summed E-state index contributed by atoms with van der Waals surface area (Å²) in [6.07, 6.45) is 1.60. The zero-order valence-electron chi connectivity index (χ0n) is 10.6. The van der Waals surface area contributed by atoms with Crippen molar-refractivity contribution in [2.45, 2.75) is 0 Å². The number of nitrogens with one attached hydrogen (secondary N) is 1. The molecule has 1 N–H and O–H groups in total. The van der Waals surface area contributed by atoms with Crippen LogP contribution in [0.5, 0.6) is 0 Å². The molecule has 4 rings (SSSR count). The lowest BCUT2D eigenvalue weighted by atomic mass is 9.99. The summed E-state index contributed by atoms with van der Waals surface area (Å²) in [5.41, 5.74) is 1.70. The zero-order chi connectivity index (χ0) is 14.6. The predicted molar refractivity (Wildman–Crippen MR) is 85.5 cm³/mol. The maximum Gasteiger partial charge on any atom is 0.277 e. The molecule has 0 spiro atoms. The molecule has 0 amide bonds. The number of aromatic amines is 1. The fourth-order valence-electron chi connectivity index (χ4n) is 2.77. The van der Waals surface area contributed by atoms with Crippen molar-refractivity contribution < 1.29 is 4.92 Å². The van der Waals surface area contributed by atoms with Crippen LogP contribution in [-0.4, -0.2) is 14.9 Å². The van der Waals surface area contributed by atoms with E-state index in [0.717, 1.165) is 31.7 Å². The van der Waals surface area contributed by atoms with Crippen molar-refractivity contribution in [1.29, 1.82) is 0 Å². The average Bonchev–Trinajstić information content (AvgIpc) is 2.94. The van der Waals surface area contributed by atoms with Crippen molar-refractivity contribution in [3.05, 3.63) is 57.3 Å². The van der Waals surface area contributed by atoms with E-state index in [0.29, 0.717) is 5.39 Å². The molecule has 4 aromatic rings. The Labute approximate surface area is 126 Å². The Kier molecular flexibility index (Phi) is 2.49. The van der Waals surface area contributed by atoms with Gasteiger partial charge in [0.1, 0.15) is 0 Å². The van der Waals surface area contributed by atoms with Crippen LogP contribution in [0.3, 0.4) is 0 Å². The molecule has 0 fully saturated rings. The van der Waals surface area contributed by atoms with E-state index in [1.165, 1.54) is 0 Å². The largest absolute Gasteiger partial charge is 0.345 e. The van der Waals surface area contributed by atoms with Crippen LogP contribution >= 0.6 is 15.9 Å². The first-order valence-corrected chi connectivity index (χ1v) is 7.07. The maximum atomic E-state index is 11.4. The van der Waals surface area contributed by atoms with E-state index >= 15 is 0 Å². The molecule has 0 aliphatic carbocycles. The molecule has 0 saturated heterocycles. The summed E-state index contributed by atoms with van der Waals surface area (Å²) in [6.45, 7) is 0. The first-order valence-electron chi connectivity index (χ1n) is 6.28. The maximum absolute atomic E-state index is 11.4. The second-order valence-corrected chi connectivity index (χ2v) is 5.63. The quantitative estimate of drug-likeness (QED) is 0.314. The second kappa shape index (κ2) is 4.26. The zero-order valence-corrected chi connectivity index (χ0v) is 12.2. The molecule has 0 bridgehead atoms. The van der Waals surface area contributed by atoms with Gasteiger partial charge in [0, 0.05) is 21.3 Å². The molecule has 0 aliphatic heterocycles. The fourth-order valence-corrected chi connectivity index (χ4v) is 3.35. The summed E-state index contributed by atoms with van der Waals surface area (Å²) in [7, 11) is 0. The van der Waals surface area contributed by atoms with Gasteiger partial charge in [0.2, 0.25) is 0 Å². The monoisotopic (exact) mass is 341 g/mol. The molecule has 0 radical (unpaired) electrons. The van der Waals surface area contributed by atoms with Crippen LogP contribution in [0.15, 0.2) is 47.2 Å². The van der Waals surface area contributed by atoms with Gasteiger partial charge in [0.25, 0.3) is 5.69 Å². The van der Waals surface area contributed by atoms with E-state index < -0.39 is 0 Å². The highest BCUT2D eigenvalue weighted by molar-refractivity contribution is 9.10. The van der Waals surface area contributed by atoms with Crippen LogP contribution in [0.1, 0.15) is 0 Å². The van der Waals surface area contributed by atoms with Crippen molar-refractivity contribution in [2.24, 2.45) is 0 Å². The number of benzene rings is 3. The molecule has 102 valence electrons. The molecule has 5 nitrogen and oxygen atoms in total. The summed E-state index contributed by atoms with van der Waals surface area (Å²) < 4.78 is 0.837. The summed E-state index contributed by atoms with van der Waals surface area (Å²) in [5, 5.41) is 14.6. The van der Waals surface area contributed by atoms with Gasteiger partial charge < -0.3 is 4.98 Å². The molecule has 0 atom stereocenters. The molecule has 0 saturated carbocycles. The van der Waals surface area contributed by atoms with E-state index in [4.69, 9.17) is 0 Å². The van der Waals surface area contributed by atoms with Crippen LogP contribution < -0.4 is 0 Å². The lowest BCUT2D eigenvalue weighted by Gasteiger charge is -2.07. The first-order chi connectivity index (χ1) is 10.2. The van der Waals surface area contributed by atoms with Crippen molar-refractivity contribution in [3.63, 3.8) is 0 Å². The normalized spacial score (nSPS) is 11.5. The third-order valence-corrected chi connectivity index (χ3v) is 4.33. The van der Waals surface area contributed by atoms with Gasteiger partial charge in [-0.05, 0) is 23.6 Å². The Morgan fingerprint density at radius 2 is 2.00 bits per heavy atom. The molecular formula is C15H8BrN3O2. The SMILES string of the molecule is O=[N+]([O-])c1cc2c(ccc3[nH]cnc32)c2c(Br)cccc12. The average molecular weight is 342 g/mol. The van der Waals surface area contributed by atoms with Gasteiger partial charge in [-0.15, -0.1) is 0 Å². The number of nitrogens with zero attached hydrogens (tertiary/aromatic N) is 2. The van der Waals surface area contributed by atoms with Crippen LogP contribution in [-0.2, 0) is 0 Å². The molecule has 21 heavy (non-hydrogen) atoms. The highest BCUT2D eigenvalue weighted by Gasteiger charge is 2.18. The van der Waals surface area contributed by atoms with Gasteiger partial charge in [0.15, 0.2) is 0 Å². The lowest BCUT2D eigenvalue weighted by molar-refractivity contribution is -0.382. The first kappa shape index (κ1) is 12.3. The Hall–Kier alpha value is -2.47. The number of non-ortho nitro benzene ring substituents is 1. The van der Waals surface area contributed by atoms with Gasteiger partial charge >= 0.3 is 0 Å². The Bertz CT molecular complexity index is 1040. The van der Waals surface area contributed by atoms with Crippen molar-refractivity contribution in [3.8, 4) is 0 Å². The number of imidazole rings is 1. The summed E-state index contributed by atoms with van der Waals surface area (Å²) in [4.78, 5) is 18.4. The number of halogens is 1. The Morgan fingerprint density at radius 1 is 1.14 bits per heavy atom. The summed E-state index contributed by atoms with van der Waals surface area (Å²) in [5.74, 6) is 0. The highest BCUT2D eigenvalue weighted by atomic mass is 79.9. The standard InChI is InChI=1S/C15H8BrN3O2/c16-11-3-1-2-9-13(19(20)21)6-10-8(14(9)11)4-5-12-15(10)18-7-17-12/h1-7H,(H,17,18). The number of nitro groups is 1. The number of H-pyrrole nitrogens is 1. The van der Waals surface area contributed by atoms with Crippen molar-refractivity contribution in [1.82, 2.24) is 9.97 Å². The Morgan fingerprint density at radius 3 is 2.81 bits per heavy atom. The van der Waals surface area contributed by atoms with Gasteiger partial charge in [-0.2, -0.15) is 0 Å². The minimum Gasteiger partial charge on any atom is -0.345 e. The van der Waals surface area contributed by atoms with Gasteiger partial charge in [0.05, 0.1) is 27.7 Å². The molecule has 1 heterocycles. The lowest BCUT2D eigenvalue weighted by Crippen LogP contribution is -1.91. The number of nitro benzene ring substituents is 1. The number of hydrogen-bond acceptors (Lipinski definition) is 3. The van der Waals surface area contributed by atoms with Crippen LogP contribution in [0.25, 0.3) is 32.6 Å². The molecule has 1 aromatic heterocycles. The molecule has 0 unspecified atom stereocenters. The van der Waals surface area contributed by atoms with E-state index in [-0.39, 0.29) is 10.6 Å². The van der Waals surface area contributed by atoms with Crippen LogP contribution in [0, 0.1) is 10.1 Å². The minimum absolute atomic E-state index is 0.0919. The number of aromatic nitrogens is 2. The van der Waals surface area contributed by atoms with Crippen LogP contribution in [0.4, 0.5) is 5.69 Å². The van der Waals surface area contributed by atoms with Gasteiger partial charge in [-0.25, -0.2) is 4.98 Å². The van der Waals surface area contributed by atoms with Crippen molar-refractivity contribution >= 4 is 54.2 Å². The van der Waals surface area contributed by atoms with Gasteiger partial charge in [-0.1, -0.05) is 28.1 Å². The number of fused-ring (bicyclic) bond motifs is 5. The topological polar surface area (TPSA) is 71.8 Å². The predicted octanol–water partition coefficient (Wildman–Crippen LogP) is 4.54. The molecular weight excluding hydrogens is 334 g/mol. The second-order valence-electron chi connectivity index (χ2n) is 4.77. The van der Waals surface area contributed by atoms with Crippen LogP contribution in [0.2, 0.25) is 0 Å². The molecule has 6 heteroatoms. The van der Waals surface area contributed by atoms with E-state index in [2.05, 4.69) is 25.9 Å². The Balaban J connectivity index is 2.36. The number of rotatable bonds is 1. The highest BCUT2D eigenvalue weighted by Crippen LogP contribution is 2.39. The third kappa shape index (κ3) is 1.66. The third-order valence-electron chi connectivity index (χ3n) is 3.67. The van der Waals surface area contributed by atoms with E-state index in [1.54, 1.807) is 24.5 Å².